The van der Waals surface area contributed by atoms with E-state index in [4.69, 9.17) is 28.3 Å². The Bertz CT molecular complexity index is 1230. The molecule has 4 nitrogen and oxygen atoms in total. The molecule has 1 heterocycles. The molecule has 1 aliphatic carbocycles. The number of carbonyl (C=O) groups is 2. The van der Waals surface area contributed by atoms with Crippen LogP contribution in [0.5, 0.6) is 0 Å². The fraction of sp³-hybridized carbons (Fsp3) is 0.0909. The summed E-state index contributed by atoms with van der Waals surface area (Å²) in [6.07, 6.45) is 5.48. The molecular formula is C22H14Cl2FNO3. The van der Waals surface area contributed by atoms with Crippen molar-refractivity contribution in [1.29, 1.82) is 0 Å². The van der Waals surface area contributed by atoms with E-state index in [0.717, 1.165) is 6.07 Å². The van der Waals surface area contributed by atoms with Crippen molar-refractivity contribution >= 4 is 45.9 Å². The maximum absolute atomic E-state index is 14.7. The van der Waals surface area contributed by atoms with Crippen LogP contribution < -0.4 is 0 Å². The highest BCUT2D eigenvalue weighted by Crippen LogP contribution is 2.33. The predicted octanol–water partition coefficient (Wildman–Crippen LogP) is 5.71. The Kier molecular flexibility index (Phi) is 5.03. The molecule has 0 fully saturated rings. The first-order valence-electron chi connectivity index (χ1n) is 8.76. The molecule has 0 aliphatic heterocycles. The number of aromatic nitrogens is 1. The number of carboxylic acids is 1. The van der Waals surface area contributed by atoms with Gasteiger partial charge in [-0.15, -0.1) is 11.6 Å². The second-order valence-electron chi connectivity index (χ2n) is 6.60. The third kappa shape index (κ3) is 3.37. The number of hydrogen-bond donors (Lipinski definition) is 1. The Morgan fingerprint density at radius 1 is 1.17 bits per heavy atom. The Balaban J connectivity index is 1.90. The van der Waals surface area contributed by atoms with Gasteiger partial charge in [0, 0.05) is 27.8 Å². The smallest absolute Gasteiger partial charge is 0.335 e. The van der Waals surface area contributed by atoms with Crippen molar-refractivity contribution in [2.75, 3.05) is 0 Å². The number of halogens is 3. The number of benzene rings is 2. The molecule has 1 aromatic heterocycles. The zero-order valence-electron chi connectivity index (χ0n) is 14.9. The molecular weight excluding hydrogens is 416 g/mol. The van der Waals surface area contributed by atoms with Crippen LogP contribution in [0.1, 0.15) is 27.1 Å². The molecule has 1 atom stereocenters. The van der Waals surface area contributed by atoms with Crippen molar-refractivity contribution in [3.63, 3.8) is 0 Å². The second-order valence-corrected chi connectivity index (χ2v) is 7.53. The first-order chi connectivity index (χ1) is 13.9. The van der Waals surface area contributed by atoms with E-state index < -0.39 is 17.2 Å². The van der Waals surface area contributed by atoms with Crippen LogP contribution >= 0.6 is 23.2 Å². The van der Waals surface area contributed by atoms with Gasteiger partial charge in [-0.3, -0.25) is 4.79 Å². The summed E-state index contributed by atoms with van der Waals surface area (Å²) in [5.41, 5.74) is 1.23. The zero-order chi connectivity index (χ0) is 20.7. The second kappa shape index (κ2) is 7.50. The minimum atomic E-state index is -1.22. The monoisotopic (exact) mass is 429 g/mol. The number of rotatable bonds is 4. The molecule has 0 saturated heterocycles. The van der Waals surface area contributed by atoms with Gasteiger partial charge in [-0.2, -0.15) is 0 Å². The van der Waals surface area contributed by atoms with Gasteiger partial charge >= 0.3 is 5.97 Å². The van der Waals surface area contributed by atoms with E-state index in [9.17, 15) is 14.0 Å². The number of alkyl halides is 1. The molecule has 29 heavy (non-hydrogen) atoms. The molecule has 3 aromatic rings. The van der Waals surface area contributed by atoms with Crippen LogP contribution in [0.3, 0.4) is 0 Å². The van der Waals surface area contributed by atoms with E-state index >= 15 is 0 Å². The molecule has 2 aromatic carbocycles. The Hall–Kier alpha value is -2.89. The number of aromatic carboxylic acids is 1. The van der Waals surface area contributed by atoms with Crippen LogP contribution in [0.15, 0.2) is 71.4 Å². The van der Waals surface area contributed by atoms with Crippen LogP contribution in [0, 0.1) is 5.82 Å². The van der Waals surface area contributed by atoms with Crippen LogP contribution in [-0.2, 0) is 0 Å². The topological polar surface area (TPSA) is 59.3 Å². The average molecular weight is 430 g/mol. The number of allylic oxidation sites excluding steroid dienone is 4. The quantitative estimate of drug-likeness (QED) is 0.426. The Morgan fingerprint density at radius 2 is 1.93 bits per heavy atom. The number of carboxylic acid groups (broad SMARTS) is 1. The fourth-order valence-corrected chi connectivity index (χ4v) is 4.12. The van der Waals surface area contributed by atoms with Crippen molar-refractivity contribution in [3.05, 3.63) is 88.4 Å². The van der Waals surface area contributed by atoms with Crippen molar-refractivity contribution in [2.24, 2.45) is 0 Å². The number of Topliss-reactive ketones (excluding diaryl/α,β-unsaturated/α-hetero) is 1. The largest absolute Gasteiger partial charge is 0.478 e. The van der Waals surface area contributed by atoms with Crippen molar-refractivity contribution in [1.82, 2.24) is 4.57 Å². The molecule has 0 amide bonds. The number of hydrogen-bond acceptors (Lipinski definition) is 2. The summed E-state index contributed by atoms with van der Waals surface area (Å²) in [6, 6.07) is 10.7. The van der Waals surface area contributed by atoms with Gasteiger partial charge in [-0.05, 0) is 36.8 Å². The lowest BCUT2D eigenvalue weighted by Gasteiger charge is -2.16. The summed E-state index contributed by atoms with van der Waals surface area (Å²) in [5.74, 6) is -2.25. The highest BCUT2D eigenvalue weighted by atomic mass is 35.5. The van der Waals surface area contributed by atoms with Crippen LogP contribution in [0.25, 0.3) is 16.6 Å². The molecule has 1 aliphatic rings. The minimum absolute atomic E-state index is 0.135. The van der Waals surface area contributed by atoms with Gasteiger partial charge in [-0.1, -0.05) is 35.9 Å². The molecule has 4 rings (SSSR count). The summed E-state index contributed by atoms with van der Waals surface area (Å²) in [6.45, 7) is 0. The normalized spacial score (nSPS) is 16.4. The van der Waals surface area contributed by atoms with E-state index in [2.05, 4.69) is 0 Å². The third-order valence-electron chi connectivity index (χ3n) is 4.83. The summed E-state index contributed by atoms with van der Waals surface area (Å²) in [5, 5.41) is 9.42. The van der Waals surface area contributed by atoms with Crippen molar-refractivity contribution in [2.45, 2.75) is 11.8 Å². The summed E-state index contributed by atoms with van der Waals surface area (Å²) < 4.78 is 16.2. The summed E-state index contributed by atoms with van der Waals surface area (Å²) >= 11 is 12.6. The minimum Gasteiger partial charge on any atom is -0.478 e. The van der Waals surface area contributed by atoms with Crippen LogP contribution in [0.2, 0.25) is 0 Å². The molecule has 1 N–H and O–H groups in total. The van der Waals surface area contributed by atoms with E-state index in [-0.39, 0.29) is 22.1 Å². The zero-order valence-corrected chi connectivity index (χ0v) is 16.4. The Labute approximate surface area is 175 Å². The lowest BCUT2D eigenvalue weighted by Crippen LogP contribution is -2.16. The van der Waals surface area contributed by atoms with Crippen molar-refractivity contribution < 1.29 is 19.1 Å². The van der Waals surface area contributed by atoms with Crippen molar-refractivity contribution in [3.8, 4) is 5.69 Å². The predicted molar refractivity (Wildman–Crippen MR) is 111 cm³/mol. The average Bonchev–Trinajstić information content (AvgIpc) is 3.07. The number of carbonyl (C=O) groups excluding carboxylic acids is 1. The van der Waals surface area contributed by atoms with Gasteiger partial charge in [0.05, 0.1) is 22.1 Å². The molecule has 0 radical (unpaired) electrons. The first kappa shape index (κ1) is 19.4. The van der Waals surface area contributed by atoms with Crippen LogP contribution in [-0.4, -0.2) is 26.8 Å². The van der Waals surface area contributed by atoms with Gasteiger partial charge in [-0.25, -0.2) is 9.18 Å². The fourth-order valence-electron chi connectivity index (χ4n) is 3.44. The maximum atomic E-state index is 14.7. The molecule has 146 valence electrons. The van der Waals surface area contributed by atoms with E-state index in [1.165, 1.54) is 22.9 Å². The van der Waals surface area contributed by atoms with E-state index in [0.29, 0.717) is 28.5 Å². The van der Waals surface area contributed by atoms with Gasteiger partial charge in [0.1, 0.15) is 5.82 Å². The molecule has 0 saturated carbocycles. The van der Waals surface area contributed by atoms with E-state index in [1.807, 2.05) is 0 Å². The molecule has 7 heteroatoms. The SMILES string of the molecule is O=C(O)c1ccc(-n2cc(C(=O)C3=C(Cl)C=CCC3Cl)c3ccccc32)c(F)c1. The lowest BCUT2D eigenvalue weighted by molar-refractivity contribution is 0.0696. The number of nitrogens with zero attached hydrogens (tertiary/aromatic N) is 1. The standard InChI is InChI=1S/C22H14Cl2FNO3/c23-15-5-3-6-16(24)20(15)21(27)14-11-26(18-7-2-1-4-13(14)18)19-9-8-12(22(28)29)10-17(19)25/h1-5,7-11,16H,6H2,(H,28,29). The molecule has 0 bridgehead atoms. The van der Waals surface area contributed by atoms with Gasteiger partial charge in [0.2, 0.25) is 0 Å². The molecule has 1 unspecified atom stereocenters. The lowest BCUT2D eigenvalue weighted by atomic mass is 9.95. The first-order valence-corrected chi connectivity index (χ1v) is 9.58. The van der Waals surface area contributed by atoms with Gasteiger partial charge < -0.3 is 9.67 Å². The van der Waals surface area contributed by atoms with Crippen LogP contribution in [0.4, 0.5) is 4.39 Å². The summed E-state index contributed by atoms with van der Waals surface area (Å²) in [4.78, 5) is 24.4. The number of para-hydroxylation sites is 1. The number of fused-ring (bicyclic) bond motifs is 1. The highest BCUT2D eigenvalue weighted by Gasteiger charge is 2.27. The summed E-state index contributed by atoms with van der Waals surface area (Å²) in [7, 11) is 0. The highest BCUT2D eigenvalue weighted by molar-refractivity contribution is 6.38. The number of ketones is 1. The third-order valence-corrected chi connectivity index (χ3v) is 5.56. The van der Waals surface area contributed by atoms with Gasteiger partial charge in [0.15, 0.2) is 5.78 Å². The van der Waals surface area contributed by atoms with Gasteiger partial charge in [0.25, 0.3) is 0 Å². The molecule has 0 spiro atoms. The van der Waals surface area contributed by atoms with E-state index in [1.54, 1.807) is 36.4 Å². The Morgan fingerprint density at radius 3 is 2.62 bits per heavy atom. The maximum Gasteiger partial charge on any atom is 0.335 e.